The van der Waals surface area contributed by atoms with Crippen LogP contribution in [0.15, 0.2) is 41.4 Å². The molecule has 1 heterocycles. The van der Waals surface area contributed by atoms with Crippen LogP contribution in [-0.2, 0) is 17.8 Å². The maximum Gasteiger partial charge on any atom is 0.221 e. The molecule has 6 heteroatoms. The Kier molecular flexibility index (Phi) is 6.81. The number of hydrogen-bond acceptors (Lipinski definition) is 3. The molecule has 0 saturated heterocycles. The lowest BCUT2D eigenvalue weighted by Crippen LogP contribution is -2.37. The molecular weight excluding hydrogens is 320 g/mol. The molecule has 1 aromatic heterocycles. The molecule has 2 rings (SSSR count). The molecule has 1 amide bonds. The lowest BCUT2D eigenvalue weighted by atomic mass is 10.1. The van der Waals surface area contributed by atoms with Crippen LogP contribution in [0.4, 0.5) is 5.69 Å². The van der Waals surface area contributed by atoms with Crippen LogP contribution in [0, 0.1) is 6.92 Å². The Morgan fingerprint density at radius 3 is 2.46 bits per heavy atom. The van der Waals surface area contributed by atoms with Crippen LogP contribution in [0.3, 0.4) is 0 Å². The lowest BCUT2D eigenvalue weighted by Gasteiger charge is -2.11. The van der Waals surface area contributed by atoms with Crippen molar-refractivity contribution in [2.24, 2.45) is 4.99 Å². The number of thiophene rings is 1. The zero-order valence-corrected chi connectivity index (χ0v) is 15.2. The molecule has 0 radical (unpaired) electrons. The molecule has 0 aliphatic rings. The van der Waals surface area contributed by atoms with Gasteiger partial charge in [-0.05, 0) is 43.2 Å². The van der Waals surface area contributed by atoms with Crippen molar-refractivity contribution in [2.75, 3.05) is 18.9 Å². The summed E-state index contributed by atoms with van der Waals surface area (Å²) >= 11 is 1.79. The number of benzene rings is 1. The molecular formula is C18H24N4OS. The Morgan fingerprint density at radius 1 is 1.12 bits per heavy atom. The van der Waals surface area contributed by atoms with Crippen LogP contribution in [0.1, 0.15) is 22.2 Å². The van der Waals surface area contributed by atoms with Gasteiger partial charge in [0.15, 0.2) is 5.96 Å². The summed E-state index contributed by atoms with van der Waals surface area (Å²) in [5.74, 6) is 0.746. The smallest absolute Gasteiger partial charge is 0.221 e. The Hall–Kier alpha value is -2.34. The van der Waals surface area contributed by atoms with E-state index in [0.717, 1.165) is 31.2 Å². The van der Waals surface area contributed by atoms with E-state index in [0.29, 0.717) is 0 Å². The Morgan fingerprint density at radius 2 is 1.88 bits per heavy atom. The van der Waals surface area contributed by atoms with E-state index >= 15 is 0 Å². The third-order valence-corrected chi connectivity index (χ3v) is 4.43. The van der Waals surface area contributed by atoms with Crippen molar-refractivity contribution >= 4 is 28.9 Å². The van der Waals surface area contributed by atoms with Crippen LogP contribution in [0.2, 0.25) is 0 Å². The first-order valence-corrected chi connectivity index (χ1v) is 8.75. The second-order valence-electron chi connectivity index (χ2n) is 5.49. The number of nitrogens with one attached hydrogen (secondary N) is 3. The van der Waals surface area contributed by atoms with E-state index in [1.165, 1.54) is 22.2 Å². The molecule has 0 saturated carbocycles. The van der Waals surface area contributed by atoms with E-state index in [2.05, 4.69) is 40.0 Å². The molecule has 24 heavy (non-hydrogen) atoms. The number of aryl methyl sites for hydroxylation is 1. The first kappa shape index (κ1) is 18.0. The van der Waals surface area contributed by atoms with E-state index in [1.54, 1.807) is 18.4 Å². The normalized spacial score (nSPS) is 11.2. The van der Waals surface area contributed by atoms with Gasteiger partial charge in [0.2, 0.25) is 5.91 Å². The number of guanidine groups is 1. The molecule has 0 fully saturated rings. The molecule has 0 atom stereocenters. The third-order valence-electron chi connectivity index (χ3n) is 3.43. The van der Waals surface area contributed by atoms with Crippen molar-refractivity contribution in [3.63, 3.8) is 0 Å². The molecule has 0 aliphatic carbocycles. The van der Waals surface area contributed by atoms with Crippen molar-refractivity contribution in [1.82, 2.24) is 10.6 Å². The standard InChI is InChI=1S/C18H24N4OS/c1-13-4-9-17(24-13)12-21-18(19-3)20-11-10-15-5-7-16(8-6-15)22-14(2)23/h4-9H,10-12H2,1-3H3,(H,22,23)(H2,19,20,21). The van der Waals surface area contributed by atoms with Gasteiger partial charge >= 0.3 is 0 Å². The average Bonchev–Trinajstić information content (AvgIpc) is 2.97. The van der Waals surface area contributed by atoms with Gasteiger partial charge in [-0.1, -0.05) is 12.1 Å². The highest BCUT2D eigenvalue weighted by Gasteiger charge is 2.01. The highest BCUT2D eigenvalue weighted by molar-refractivity contribution is 7.11. The van der Waals surface area contributed by atoms with Crippen molar-refractivity contribution < 1.29 is 4.79 Å². The fourth-order valence-electron chi connectivity index (χ4n) is 2.25. The number of carbonyl (C=O) groups is 1. The summed E-state index contributed by atoms with van der Waals surface area (Å²) in [6.07, 6.45) is 0.888. The topological polar surface area (TPSA) is 65.5 Å². The van der Waals surface area contributed by atoms with Crippen molar-refractivity contribution in [3.05, 3.63) is 51.7 Å². The first-order chi connectivity index (χ1) is 11.6. The van der Waals surface area contributed by atoms with Gasteiger partial charge in [-0.15, -0.1) is 11.3 Å². The number of aliphatic imine (C=N–C) groups is 1. The summed E-state index contributed by atoms with van der Waals surface area (Å²) in [6.45, 7) is 5.19. The summed E-state index contributed by atoms with van der Waals surface area (Å²) in [4.78, 5) is 17.9. The van der Waals surface area contributed by atoms with Crippen LogP contribution in [0.25, 0.3) is 0 Å². The highest BCUT2D eigenvalue weighted by atomic mass is 32.1. The van der Waals surface area contributed by atoms with Crippen molar-refractivity contribution in [1.29, 1.82) is 0 Å². The van der Waals surface area contributed by atoms with Crippen LogP contribution in [-0.4, -0.2) is 25.5 Å². The molecule has 3 N–H and O–H groups in total. The van der Waals surface area contributed by atoms with Gasteiger partial charge in [0.25, 0.3) is 0 Å². The van der Waals surface area contributed by atoms with Crippen LogP contribution in [0.5, 0.6) is 0 Å². The van der Waals surface area contributed by atoms with E-state index in [1.807, 2.05) is 24.3 Å². The van der Waals surface area contributed by atoms with Gasteiger partial charge in [0.1, 0.15) is 0 Å². The van der Waals surface area contributed by atoms with E-state index in [-0.39, 0.29) is 5.91 Å². The monoisotopic (exact) mass is 344 g/mol. The van der Waals surface area contributed by atoms with Gasteiger partial charge in [-0.25, -0.2) is 0 Å². The number of amides is 1. The molecule has 5 nitrogen and oxygen atoms in total. The zero-order valence-electron chi connectivity index (χ0n) is 14.3. The number of carbonyl (C=O) groups excluding carboxylic acids is 1. The largest absolute Gasteiger partial charge is 0.356 e. The molecule has 0 unspecified atom stereocenters. The molecule has 128 valence electrons. The summed E-state index contributed by atoms with van der Waals surface area (Å²) in [5, 5.41) is 9.40. The van der Waals surface area contributed by atoms with Crippen LogP contribution >= 0.6 is 11.3 Å². The summed E-state index contributed by atoms with van der Waals surface area (Å²) in [7, 11) is 1.78. The van der Waals surface area contributed by atoms with Gasteiger partial charge in [0.05, 0.1) is 6.54 Å². The molecule has 0 spiro atoms. The number of nitrogens with zero attached hydrogens (tertiary/aromatic N) is 1. The molecule has 0 bridgehead atoms. The third kappa shape index (κ3) is 6.04. The van der Waals surface area contributed by atoms with Gasteiger partial charge in [-0.3, -0.25) is 9.79 Å². The minimum absolute atomic E-state index is 0.0553. The quantitative estimate of drug-likeness (QED) is 0.558. The first-order valence-electron chi connectivity index (χ1n) is 7.93. The Bertz CT molecular complexity index is 691. The van der Waals surface area contributed by atoms with Gasteiger partial charge in [0, 0.05) is 36.0 Å². The Labute approximate surface area is 147 Å². The fraction of sp³-hybridized carbons (Fsp3) is 0.333. The molecule has 1 aromatic carbocycles. The van der Waals surface area contributed by atoms with E-state index in [9.17, 15) is 4.79 Å². The fourth-order valence-corrected chi connectivity index (χ4v) is 3.08. The average molecular weight is 344 g/mol. The highest BCUT2D eigenvalue weighted by Crippen LogP contribution is 2.14. The number of rotatable bonds is 6. The van der Waals surface area contributed by atoms with Crippen molar-refractivity contribution in [3.8, 4) is 0 Å². The lowest BCUT2D eigenvalue weighted by molar-refractivity contribution is -0.114. The SMILES string of the molecule is CN=C(NCCc1ccc(NC(C)=O)cc1)NCc1ccc(C)s1. The van der Waals surface area contributed by atoms with E-state index in [4.69, 9.17) is 0 Å². The van der Waals surface area contributed by atoms with Crippen molar-refractivity contribution in [2.45, 2.75) is 26.8 Å². The number of anilines is 1. The summed E-state index contributed by atoms with van der Waals surface area (Å²) in [6, 6.07) is 12.2. The molecule has 0 aliphatic heterocycles. The summed E-state index contributed by atoms with van der Waals surface area (Å²) in [5.41, 5.74) is 2.03. The predicted molar refractivity (Wildman–Crippen MR) is 102 cm³/mol. The molecule has 2 aromatic rings. The Balaban J connectivity index is 1.74. The minimum Gasteiger partial charge on any atom is -0.356 e. The second kappa shape index (κ2) is 9.08. The van der Waals surface area contributed by atoms with E-state index < -0.39 is 0 Å². The van der Waals surface area contributed by atoms with Gasteiger partial charge < -0.3 is 16.0 Å². The maximum atomic E-state index is 11.0. The van der Waals surface area contributed by atoms with Gasteiger partial charge in [-0.2, -0.15) is 0 Å². The minimum atomic E-state index is -0.0553. The zero-order chi connectivity index (χ0) is 17.4. The number of hydrogen-bond donors (Lipinski definition) is 3. The second-order valence-corrected chi connectivity index (χ2v) is 6.87. The maximum absolute atomic E-state index is 11.0. The summed E-state index contributed by atoms with van der Waals surface area (Å²) < 4.78 is 0. The predicted octanol–water partition coefficient (Wildman–Crippen LogP) is 2.92. The van der Waals surface area contributed by atoms with Crippen LogP contribution < -0.4 is 16.0 Å².